The fourth-order valence-corrected chi connectivity index (χ4v) is 4.05. The Morgan fingerprint density at radius 2 is 1.82 bits per heavy atom. The molecule has 4 rings (SSSR count). The van der Waals surface area contributed by atoms with Gasteiger partial charge in [0.2, 0.25) is 5.91 Å². The number of fused-ring (bicyclic) bond motifs is 1. The van der Waals surface area contributed by atoms with E-state index in [1.807, 2.05) is 6.07 Å². The predicted molar refractivity (Wildman–Crippen MR) is 105 cm³/mol. The molecule has 2 aromatic carbocycles. The lowest BCUT2D eigenvalue weighted by Gasteiger charge is -2.31. The number of benzene rings is 2. The molecule has 1 saturated carbocycles. The van der Waals surface area contributed by atoms with Crippen LogP contribution in [0, 0.1) is 5.82 Å². The van der Waals surface area contributed by atoms with Gasteiger partial charge in [-0.05, 0) is 42.7 Å². The second-order valence-electron chi connectivity index (χ2n) is 7.35. The van der Waals surface area contributed by atoms with Crippen LogP contribution in [-0.4, -0.2) is 15.5 Å². The number of hydrogen-bond acceptors (Lipinski definition) is 3. The van der Waals surface area contributed by atoms with Crippen molar-refractivity contribution < 1.29 is 9.18 Å². The first-order valence-corrected chi connectivity index (χ1v) is 9.59. The lowest BCUT2D eigenvalue weighted by Crippen LogP contribution is -2.44. The number of carbonyl (C=O) groups excluding carboxylic acids is 1. The van der Waals surface area contributed by atoms with Crippen molar-refractivity contribution in [3.05, 3.63) is 76.6 Å². The van der Waals surface area contributed by atoms with Gasteiger partial charge in [0.25, 0.3) is 5.56 Å². The number of hydrogen-bond donors (Lipinski definition) is 1. The molecule has 1 amide bonds. The predicted octanol–water partition coefficient (Wildman–Crippen LogP) is 3.51. The fourth-order valence-electron chi connectivity index (χ4n) is 4.05. The Morgan fingerprint density at radius 1 is 1.11 bits per heavy atom. The third-order valence-corrected chi connectivity index (χ3v) is 5.54. The Morgan fingerprint density at radius 3 is 2.57 bits per heavy atom. The number of nitrogens with zero attached hydrogens (tertiary/aromatic N) is 2. The average Bonchev–Trinajstić information content (AvgIpc) is 3.17. The SMILES string of the molecule is O=C(CCn1cnc2ccccc2c1=O)NC1(c2ccc(F)cc2)CCCC1. The molecule has 144 valence electrons. The van der Waals surface area contributed by atoms with Crippen LogP contribution < -0.4 is 10.9 Å². The van der Waals surface area contributed by atoms with Crippen LogP contribution in [-0.2, 0) is 16.9 Å². The smallest absolute Gasteiger partial charge is 0.261 e. The van der Waals surface area contributed by atoms with Crippen LogP contribution in [0.15, 0.2) is 59.7 Å². The van der Waals surface area contributed by atoms with E-state index in [2.05, 4.69) is 10.3 Å². The Kier molecular flexibility index (Phi) is 4.94. The summed E-state index contributed by atoms with van der Waals surface area (Å²) in [4.78, 5) is 29.5. The van der Waals surface area contributed by atoms with Crippen molar-refractivity contribution >= 4 is 16.8 Å². The molecule has 0 bridgehead atoms. The summed E-state index contributed by atoms with van der Waals surface area (Å²) in [5.41, 5.74) is 0.989. The first-order valence-electron chi connectivity index (χ1n) is 9.59. The van der Waals surface area contributed by atoms with E-state index in [9.17, 15) is 14.0 Å². The lowest BCUT2D eigenvalue weighted by atomic mass is 9.88. The van der Waals surface area contributed by atoms with Crippen LogP contribution in [0.25, 0.3) is 10.9 Å². The van der Waals surface area contributed by atoms with Crippen LogP contribution in [0.1, 0.15) is 37.7 Å². The number of carbonyl (C=O) groups is 1. The van der Waals surface area contributed by atoms with Crippen LogP contribution in [0.3, 0.4) is 0 Å². The first-order chi connectivity index (χ1) is 13.6. The number of aromatic nitrogens is 2. The highest BCUT2D eigenvalue weighted by atomic mass is 19.1. The summed E-state index contributed by atoms with van der Waals surface area (Å²) in [6, 6.07) is 13.5. The van der Waals surface area contributed by atoms with Crippen molar-refractivity contribution in [3.63, 3.8) is 0 Å². The molecular formula is C22H22FN3O2. The minimum Gasteiger partial charge on any atom is -0.347 e. The van der Waals surface area contributed by atoms with E-state index in [1.54, 1.807) is 30.3 Å². The molecule has 6 heteroatoms. The van der Waals surface area contributed by atoms with Gasteiger partial charge in [-0.1, -0.05) is 37.1 Å². The molecule has 0 saturated heterocycles. The third kappa shape index (κ3) is 3.54. The topological polar surface area (TPSA) is 64.0 Å². The van der Waals surface area contributed by atoms with Gasteiger partial charge in [-0.15, -0.1) is 0 Å². The number of para-hydroxylation sites is 1. The molecule has 0 aliphatic heterocycles. The number of nitrogens with one attached hydrogen (secondary N) is 1. The number of halogens is 1. The van der Waals surface area contributed by atoms with Crippen molar-refractivity contribution in [2.75, 3.05) is 0 Å². The van der Waals surface area contributed by atoms with E-state index >= 15 is 0 Å². The van der Waals surface area contributed by atoms with E-state index in [-0.39, 0.29) is 30.2 Å². The molecule has 0 atom stereocenters. The zero-order valence-electron chi connectivity index (χ0n) is 15.5. The summed E-state index contributed by atoms with van der Waals surface area (Å²) in [6.45, 7) is 0.266. The second kappa shape index (κ2) is 7.54. The summed E-state index contributed by atoms with van der Waals surface area (Å²) >= 11 is 0. The molecular weight excluding hydrogens is 357 g/mol. The Balaban J connectivity index is 1.48. The molecule has 1 fully saturated rings. The second-order valence-corrected chi connectivity index (χ2v) is 7.35. The Hall–Kier alpha value is -3.02. The summed E-state index contributed by atoms with van der Waals surface area (Å²) < 4.78 is 14.8. The van der Waals surface area contributed by atoms with Crippen molar-refractivity contribution in [1.29, 1.82) is 0 Å². The van der Waals surface area contributed by atoms with Crippen molar-refractivity contribution in [1.82, 2.24) is 14.9 Å². The maximum absolute atomic E-state index is 13.3. The average molecular weight is 379 g/mol. The summed E-state index contributed by atoms with van der Waals surface area (Å²) in [6.07, 6.45) is 5.38. The van der Waals surface area contributed by atoms with Crippen molar-refractivity contribution in [2.45, 2.75) is 44.2 Å². The van der Waals surface area contributed by atoms with Gasteiger partial charge in [0.1, 0.15) is 5.82 Å². The molecule has 1 heterocycles. The zero-order chi connectivity index (χ0) is 19.6. The van der Waals surface area contributed by atoms with Gasteiger partial charge >= 0.3 is 0 Å². The molecule has 5 nitrogen and oxygen atoms in total. The normalized spacial score (nSPS) is 15.6. The van der Waals surface area contributed by atoms with Gasteiger partial charge in [-0.25, -0.2) is 9.37 Å². The number of rotatable bonds is 5. The number of aryl methyl sites for hydroxylation is 1. The van der Waals surface area contributed by atoms with E-state index in [1.165, 1.54) is 23.0 Å². The van der Waals surface area contributed by atoms with Crippen LogP contribution in [0.4, 0.5) is 4.39 Å². The van der Waals surface area contributed by atoms with Crippen molar-refractivity contribution in [2.24, 2.45) is 0 Å². The molecule has 0 unspecified atom stereocenters. The maximum atomic E-state index is 13.3. The molecule has 0 spiro atoms. The highest BCUT2D eigenvalue weighted by Crippen LogP contribution is 2.38. The van der Waals surface area contributed by atoms with E-state index < -0.39 is 5.54 Å². The minimum absolute atomic E-state index is 0.119. The van der Waals surface area contributed by atoms with Gasteiger partial charge in [-0.3, -0.25) is 14.2 Å². The Bertz CT molecular complexity index is 1050. The molecule has 1 aliphatic carbocycles. The fraction of sp³-hybridized carbons (Fsp3) is 0.318. The summed E-state index contributed by atoms with van der Waals surface area (Å²) in [5.74, 6) is -0.405. The monoisotopic (exact) mass is 379 g/mol. The quantitative estimate of drug-likeness (QED) is 0.738. The van der Waals surface area contributed by atoms with E-state index in [0.717, 1.165) is 31.2 Å². The molecule has 3 aromatic rings. The molecule has 1 N–H and O–H groups in total. The Labute approximate surface area is 162 Å². The summed E-state index contributed by atoms with van der Waals surface area (Å²) in [7, 11) is 0. The third-order valence-electron chi connectivity index (χ3n) is 5.54. The lowest BCUT2D eigenvalue weighted by molar-refractivity contribution is -0.123. The first kappa shape index (κ1) is 18.3. The largest absolute Gasteiger partial charge is 0.347 e. The summed E-state index contributed by atoms with van der Waals surface area (Å²) in [5, 5.41) is 3.70. The van der Waals surface area contributed by atoms with E-state index in [0.29, 0.717) is 10.9 Å². The van der Waals surface area contributed by atoms with Gasteiger partial charge in [-0.2, -0.15) is 0 Å². The standard InChI is InChI=1S/C22H22FN3O2/c23-17-9-7-16(8-10-17)22(12-3-4-13-22)25-20(27)11-14-26-15-24-19-6-2-1-5-18(19)21(26)28/h1-2,5-10,15H,3-4,11-14H2,(H,25,27). The van der Waals surface area contributed by atoms with Gasteiger partial charge in [0.15, 0.2) is 0 Å². The van der Waals surface area contributed by atoms with E-state index in [4.69, 9.17) is 0 Å². The van der Waals surface area contributed by atoms with Crippen molar-refractivity contribution in [3.8, 4) is 0 Å². The van der Waals surface area contributed by atoms with Crippen LogP contribution in [0.5, 0.6) is 0 Å². The highest BCUT2D eigenvalue weighted by Gasteiger charge is 2.36. The highest BCUT2D eigenvalue weighted by molar-refractivity contribution is 5.78. The molecule has 1 aliphatic rings. The number of amides is 1. The van der Waals surface area contributed by atoms with Crippen LogP contribution in [0.2, 0.25) is 0 Å². The zero-order valence-corrected chi connectivity index (χ0v) is 15.5. The van der Waals surface area contributed by atoms with Gasteiger partial charge in [0, 0.05) is 13.0 Å². The molecule has 1 aromatic heterocycles. The molecule has 28 heavy (non-hydrogen) atoms. The minimum atomic E-state index is -0.447. The van der Waals surface area contributed by atoms with Crippen LogP contribution >= 0.6 is 0 Å². The molecule has 0 radical (unpaired) electrons. The van der Waals surface area contributed by atoms with Gasteiger partial charge < -0.3 is 5.32 Å². The maximum Gasteiger partial charge on any atom is 0.261 e. The van der Waals surface area contributed by atoms with Gasteiger partial charge in [0.05, 0.1) is 22.8 Å².